The van der Waals surface area contributed by atoms with E-state index in [0.717, 1.165) is 36.2 Å². The molecule has 0 atom stereocenters. The number of carbonyl (C=O) groups excluding carboxylic acids is 1. The number of azo groups is 4. The molecule has 2 amide bonds. The van der Waals surface area contributed by atoms with Crippen LogP contribution in [-0.2, 0) is 39.0 Å². The van der Waals surface area contributed by atoms with Gasteiger partial charge in [0.25, 0.3) is 20.2 Å². The minimum atomic E-state index is -4.60. The van der Waals surface area contributed by atoms with Gasteiger partial charge < -0.3 is 10.6 Å². The number of fused-ring (bicyclic) bond motifs is 2. The standard InChI is InChI=1S/C45H32N10O13S4/c56-45(46-27-1-5-29(6-2-27)48-52-41-21-23-43(39-25-34(70-68-66-58)15-19-37(39)41)54-50-31-9-13-33(14-10-31)69-67-65-57)47-28-3-7-30(8-4-28)49-53-42-22-24-44(40-26-36(72(62,63)64)18-20-38(40)42)55-51-32-11-16-35(17-12-32)71(59,60)61/h1-26,57-58H,(H2,46,47,56)(H,59,60,61)(H,62,63,64). The summed E-state index contributed by atoms with van der Waals surface area (Å²) in [7, 11) is -9.01. The van der Waals surface area contributed by atoms with Crippen molar-refractivity contribution < 1.29 is 60.0 Å². The van der Waals surface area contributed by atoms with Gasteiger partial charge in [-0.1, -0.05) is 22.2 Å². The molecule has 72 heavy (non-hydrogen) atoms. The number of carbonyl (C=O) groups is 1. The summed E-state index contributed by atoms with van der Waals surface area (Å²) in [5.74, 6) is 0. The average Bonchev–Trinajstić information content (AvgIpc) is 3.38. The molecule has 0 aliphatic rings. The van der Waals surface area contributed by atoms with Crippen LogP contribution in [0.1, 0.15) is 0 Å². The van der Waals surface area contributed by atoms with Crippen LogP contribution in [0.4, 0.5) is 61.7 Å². The van der Waals surface area contributed by atoms with Gasteiger partial charge in [-0.05, 0) is 146 Å². The molecule has 6 N–H and O–H groups in total. The maximum absolute atomic E-state index is 12.9. The van der Waals surface area contributed by atoms with Crippen LogP contribution in [0, 0.1) is 0 Å². The van der Waals surface area contributed by atoms with Gasteiger partial charge in [0.05, 0.1) is 79.4 Å². The number of nitrogens with zero attached hydrogens (tertiary/aromatic N) is 8. The Balaban J connectivity index is 0.906. The summed E-state index contributed by atoms with van der Waals surface area (Å²) in [6.07, 6.45) is 0. The van der Waals surface area contributed by atoms with E-state index in [1.807, 2.05) is 0 Å². The lowest BCUT2D eigenvalue weighted by Gasteiger charge is -2.08. The van der Waals surface area contributed by atoms with Gasteiger partial charge in [-0.25, -0.2) is 15.3 Å². The number of hydrogen-bond acceptors (Lipinski definition) is 21. The van der Waals surface area contributed by atoms with Gasteiger partial charge in [0.15, 0.2) is 0 Å². The molecule has 0 aliphatic heterocycles. The molecular formula is C45H32N10O13S4. The minimum Gasteiger partial charge on any atom is -0.308 e. The van der Waals surface area contributed by atoms with Crippen molar-refractivity contribution in [1.29, 1.82) is 0 Å². The van der Waals surface area contributed by atoms with Gasteiger partial charge in [-0.15, -0.1) is 29.1 Å². The van der Waals surface area contributed by atoms with Gasteiger partial charge in [0, 0.05) is 42.7 Å². The van der Waals surface area contributed by atoms with E-state index in [1.165, 1.54) is 36.4 Å². The lowest BCUT2D eigenvalue weighted by atomic mass is 10.1. The van der Waals surface area contributed by atoms with Crippen molar-refractivity contribution in [3.8, 4) is 0 Å². The predicted octanol–water partition coefficient (Wildman–Crippen LogP) is 14.6. The molecule has 23 nitrogen and oxygen atoms in total. The van der Waals surface area contributed by atoms with Gasteiger partial charge in [0.1, 0.15) is 0 Å². The summed E-state index contributed by atoms with van der Waals surface area (Å²) in [6.45, 7) is 0. The first-order valence-electron chi connectivity index (χ1n) is 20.3. The minimum absolute atomic E-state index is 0.194. The Hall–Kier alpha value is -7.77. The molecule has 364 valence electrons. The Bertz CT molecular complexity index is 3630. The number of amides is 2. The Morgan fingerprint density at radius 2 is 0.750 bits per heavy atom. The second-order valence-electron chi connectivity index (χ2n) is 14.5. The average molecular weight is 1050 g/mol. The summed E-state index contributed by atoms with van der Waals surface area (Å²) < 4.78 is 74.8. The molecule has 0 aromatic heterocycles. The third-order valence-electron chi connectivity index (χ3n) is 9.82. The first-order chi connectivity index (χ1) is 34.7. The molecule has 27 heteroatoms. The Morgan fingerprint density at radius 3 is 1.18 bits per heavy atom. The van der Waals surface area contributed by atoms with Crippen molar-refractivity contribution in [3.63, 3.8) is 0 Å². The van der Waals surface area contributed by atoms with Gasteiger partial charge in [-0.3, -0.25) is 9.11 Å². The van der Waals surface area contributed by atoms with Crippen LogP contribution >= 0.6 is 24.1 Å². The number of nitrogens with one attached hydrogen (secondary N) is 2. The fourth-order valence-corrected chi connectivity index (χ4v) is 8.22. The van der Waals surface area contributed by atoms with Crippen LogP contribution in [0.3, 0.4) is 0 Å². The zero-order chi connectivity index (χ0) is 50.7. The Kier molecular flexibility index (Phi) is 16.2. The van der Waals surface area contributed by atoms with E-state index >= 15 is 0 Å². The lowest BCUT2D eigenvalue weighted by Crippen LogP contribution is -2.19. The van der Waals surface area contributed by atoms with Crippen molar-refractivity contribution in [2.24, 2.45) is 40.9 Å². The summed E-state index contributed by atoms with van der Waals surface area (Å²) >= 11 is 1.58. The zero-order valence-corrected chi connectivity index (χ0v) is 39.5. The van der Waals surface area contributed by atoms with Crippen LogP contribution in [0.5, 0.6) is 0 Å². The van der Waals surface area contributed by atoms with Crippen molar-refractivity contribution in [2.75, 3.05) is 10.6 Å². The summed E-state index contributed by atoms with van der Waals surface area (Å²) in [5, 5.41) is 66.4. The van der Waals surface area contributed by atoms with Crippen LogP contribution in [0.2, 0.25) is 0 Å². The molecular weight excluding hydrogens is 1020 g/mol. The highest BCUT2D eigenvalue weighted by Crippen LogP contribution is 2.39. The smallest absolute Gasteiger partial charge is 0.308 e. The van der Waals surface area contributed by atoms with Crippen LogP contribution in [0.15, 0.2) is 218 Å². The van der Waals surface area contributed by atoms with Crippen LogP contribution < -0.4 is 10.6 Å². The molecule has 0 saturated carbocycles. The molecule has 0 saturated heterocycles. The van der Waals surface area contributed by atoms with E-state index in [1.54, 1.807) is 109 Å². The molecule has 0 fully saturated rings. The second kappa shape index (κ2) is 23.0. The molecule has 8 aromatic rings. The highest BCUT2D eigenvalue weighted by atomic mass is 32.2. The maximum atomic E-state index is 12.9. The first kappa shape index (κ1) is 50.6. The summed E-state index contributed by atoms with van der Waals surface area (Å²) in [4.78, 5) is 13.4. The Labute approximate surface area is 415 Å². The van der Waals surface area contributed by atoms with E-state index in [2.05, 4.69) is 70.3 Å². The SMILES string of the molecule is O=C(Nc1ccc(N=Nc2ccc(N=Nc3ccc(SOOO)cc3)c3cc(SOOO)ccc23)cc1)Nc1ccc(N=Nc2ccc(N=Nc3ccc(S(=O)(=O)O)cc3)c3cc(S(=O)(=O)O)ccc23)cc1. The van der Waals surface area contributed by atoms with Crippen LogP contribution in [0.25, 0.3) is 21.5 Å². The third kappa shape index (κ3) is 13.3. The topological polar surface area (TPSA) is 326 Å². The molecule has 8 rings (SSSR count). The fourth-order valence-electron chi connectivity index (χ4n) is 6.48. The molecule has 0 heterocycles. The van der Waals surface area contributed by atoms with Crippen molar-refractivity contribution >= 4 is 129 Å². The molecule has 0 unspecified atom stereocenters. The number of rotatable bonds is 18. The fraction of sp³-hybridized carbons (Fsp3) is 0. The maximum Gasteiger partial charge on any atom is 0.323 e. The van der Waals surface area contributed by atoms with Crippen molar-refractivity contribution in [2.45, 2.75) is 19.6 Å². The Morgan fingerprint density at radius 1 is 0.403 bits per heavy atom. The molecule has 0 aliphatic carbocycles. The van der Waals surface area contributed by atoms with E-state index in [4.69, 9.17) is 10.5 Å². The van der Waals surface area contributed by atoms with Gasteiger partial charge >= 0.3 is 6.03 Å². The van der Waals surface area contributed by atoms with Crippen molar-refractivity contribution in [3.05, 3.63) is 158 Å². The number of anilines is 2. The molecule has 0 bridgehead atoms. The van der Waals surface area contributed by atoms with Gasteiger partial charge in [0.2, 0.25) is 0 Å². The van der Waals surface area contributed by atoms with E-state index in [0.29, 0.717) is 71.4 Å². The van der Waals surface area contributed by atoms with E-state index < -0.39 is 31.2 Å². The van der Waals surface area contributed by atoms with Gasteiger partial charge in [-0.2, -0.15) is 37.3 Å². The second-order valence-corrected chi connectivity index (χ2v) is 18.9. The summed E-state index contributed by atoms with van der Waals surface area (Å²) in [6, 6.07) is 39.9. The molecule has 0 spiro atoms. The number of urea groups is 1. The van der Waals surface area contributed by atoms with Crippen molar-refractivity contribution in [1.82, 2.24) is 0 Å². The normalized spacial score (nSPS) is 12.3. The largest absolute Gasteiger partial charge is 0.323 e. The summed E-state index contributed by atoms with van der Waals surface area (Å²) in [5.41, 5.74) is 4.09. The van der Waals surface area contributed by atoms with E-state index in [9.17, 15) is 30.7 Å². The predicted molar refractivity (Wildman–Crippen MR) is 264 cm³/mol. The third-order valence-corrected chi connectivity index (χ3v) is 12.7. The number of hydrogen-bond donors (Lipinski definition) is 6. The highest BCUT2D eigenvalue weighted by molar-refractivity contribution is 7.94. The monoisotopic (exact) mass is 1050 g/mol. The molecule has 0 radical (unpaired) electrons. The lowest BCUT2D eigenvalue weighted by molar-refractivity contribution is -0.432. The highest BCUT2D eigenvalue weighted by Gasteiger charge is 2.15. The van der Waals surface area contributed by atoms with Crippen LogP contribution in [-0.4, -0.2) is 42.5 Å². The molecule has 8 aromatic carbocycles. The quantitative estimate of drug-likeness (QED) is 0.0153. The first-order valence-corrected chi connectivity index (χ1v) is 24.6. The zero-order valence-electron chi connectivity index (χ0n) is 36.2. The number of benzene rings is 8. The van der Waals surface area contributed by atoms with E-state index in [-0.39, 0.29) is 21.7 Å².